The Hall–Kier alpha value is -1.57. The molecule has 0 radical (unpaired) electrons. The number of rotatable bonds is 1. The van der Waals surface area contributed by atoms with Crippen molar-refractivity contribution < 1.29 is 4.42 Å². The minimum Gasteiger partial charge on any atom is -0.455 e. The van der Waals surface area contributed by atoms with Gasteiger partial charge < -0.3 is 4.42 Å². The fourth-order valence-corrected chi connectivity index (χ4v) is 3.01. The fourth-order valence-electron chi connectivity index (χ4n) is 1.67. The number of fused-ring (bicyclic) bond motifs is 1. The zero-order valence-corrected chi connectivity index (χ0v) is 11.0. The molecule has 0 fully saturated rings. The summed E-state index contributed by atoms with van der Waals surface area (Å²) in [6, 6.07) is 13.6. The Bertz CT molecular complexity index is 735. The molecule has 0 amide bonds. The van der Waals surface area contributed by atoms with Crippen molar-refractivity contribution >= 4 is 38.2 Å². The van der Waals surface area contributed by atoms with Gasteiger partial charge in [-0.05, 0) is 52.3 Å². The average Bonchev–Trinajstić information content (AvgIpc) is 2.93. The van der Waals surface area contributed by atoms with Crippen LogP contribution in [0.3, 0.4) is 0 Å². The van der Waals surface area contributed by atoms with Crippen molar-refractivity contribution in [3.05, 3.63) is 45.7 Å². The molecule has 3 aromatic rings. The van der Waals surface area contributed by atoms with Crippen molar-refractivity contribution in [3.8, 4) is 16.7 Å². The Labute approximate surface area is 110 Å². The topological polar surface area (TPSA) is 36.9 Å². The molecule has 17 heavy (non-hydrogen) atoms. The summed E-state index contributed by atoms with van der Waals surface area (Å²) in [6.07, 6.45) is 0. The van der Waals surface area contributed by atoms with Crippen LogP contribution in [-0.4, -0.2) is 0 Å². The van der Waals surface area contributed by atoms with Gasteiger partial charge in [-0.15, -0.1) is 11.3 Å². The van der Waals surface area contributed by atoms with Crippen LogP contribution < -0.4 is 0 Å². The number of nitriles is 1. The fraction of sp³-hybridized carbons (Fsp3) is 0. The van der Waals surface area contributed by atoms with Crippen LogP contribution in [0.4, 0.5) is 0 Å². The quantitative estimate of drug-likeness (QED) is 0.648. The minimum atomic E-state index is 0.616. The van der Waals surface area contributed by atoms with Gasteiger partial charge >= 0.3 is 0 Å². The molecule has 0 saturated carbocycles. The molecule has 0 aliphatic rings. The highest BCUT2D eigenvalue weighted by molar-refractivity contribution is 9.11. The van der Waals surface area contributed by atoms with Gasteiger partial charge in [0.15, 0.2) is 0 Å². The van der Waals surface area contributed by atoms with E-state index >= 15 is 0 Å². The van der Waals surface area contributed by atoms with Crippen molar-refractivity contribution in [3.63, 3.8) is 0 Å². The molecule has 0 atom stereocenters. The number of furan rings is 1. The molecule has 0 bridgehead atoms. The molecule has 0 N–H and O–H groups in total. The monoisotopic (exact) mass is 303 g/mol. The van der Waals surface area contributed by atoms with Crippen molar-refractivity contribution in [2.45, 2.75) is 0 Å². The molecular formula is C13H6BrNOS. The molecule has 2 nitrogen and oxygen atoms in total. The van der Waals surface area contributed by atoms with Crippen LogP contribution in [-0.2, 0) is 0 Å². The second-order valence-corrected chi connectivity index (χ2v) is 6.04. The summed E-state index contributed by atoms with van der Waals surface area (Å²) in [7, 11) is 0. The maximum absolute atomic E-state index is 8.83. The first-order valence-electron chi connectivity index (χ1n) is 4.96. The summed E-state index contributed by atoms with van der Waals surface area (Å²) in [5, 5.41) is 9.85. The van der Waals surface area contributed by atoms with Crippen molar-refractivity contribution in [2.24, 2.45) is 0 Å². The van der Waals surface area contributed by atoms with Crippen LogP contribution in [0.2, 0.25) is 0 Å². The van der Waals surface area contributed by atoms with Crippen LogP contribution in [0.1, 0.15) is 5.56 Å². The van der Waals surface area contributed by atoms with E-state index in [9.17, 15) is 0 Å². The van der Waals surface area contributed by atoms with E-state index in [1.807, 2.05) is 24.3 Å². The second-order valence-electron chi connectivity index (χ2n) is 3.58. The lowest BCUT2D eigenvalue weighted by molar-refractivity contribution is 0.633. The average molecular weight is 304 g/mol. The van der Waals surface area contributed by atoms with Crippen LogP contribution in [0.15, 0.2) is 44.6 Å². The number of thiophene rings is 1. The molecule has 82 valence electrons. The smallest absolute Gasteiger partial charge is 0.145 e. The van der Waals surface area contributed by atoms with Gasteiger partial charge in [-0.1, -0.05) is 0 Å². The molecule has 0 aliphatic heterocycles. The predicted octanol–water partition coefficient (Wildman–Crippen LogP) is 4.80. The molecule has 0 unspecified atom stereocenters. The van der Waals surface area contributed by atoms with E-state index in [0.29, 0.717) is 5.56 Å². The lowest BCUT2D eigenvalue weighted by Crippen LogP contribution is -1.70. The molecule has 1 aromatic carbocycles. The lowest BCUT2D eigenvalue weighted by atomic mass is 10.2. The first-order chi connectivity index (χ1) is 8.26. The SMILES string of the molecule is N#Cc1ccc2cc(-c3ccc(Br)s3)oc2c1. The second kappa shape index (κ2) is 4.02. The Morgan fingerprint density at radius 3 is 2.76 bits per heavy atom. The van der Waals surface area contributed by atoms with Crippen molar-refractivity contribution in [2.75, 3.05) is 0 Å². The van der Waals surface area contributed by atoms with Crippen LogP contribution in [0.25, 0.3) is 21.6 Å². The van der Waals surface area contributed by atoms with E-state index in [1.54, 1.807) is 23.5 Å². The van der Waals surface area contributed by atoms with Gasteiger partial charge in [-0.2, -0.15) is 5.26 Å². The van der Waals surface area contributed by atoms with Gasteiger partial charge in [-0.3, -0.25) is 0 Å². The van der Waals surface area contributed by atoms with E-state index in [1.165, 1.54) is 0 Å². The molecule has 0 spiro atoms. The highest BCUT2D eigenvalue weighted by Gasteiger charge is 2.08. The van der Waals surface area contributed by atoms with E-state index in [0.717, 1.165) is 25.4 Å². The molecule has 0 aliphatic carbocycles. The summed E-state index contributed by atoms with van der Waals surface area (Å²) < 4.78 is 6.82. The standard InChI is InChI=1S/C13H6BrNOS/c14-13-4-3-12(17-13)11-6-9-2-1-8(7-15)5-10(9)16-11/h1-6H. The normalized spacial score (nSPS) is 10.6. The molecule has 2 heterocycles. The predicted molar refractivity (Wildman–Crippen MR) is 71.9 cm³/mol. The summed E-state index contributed by atoms with van der Waals surface area (Å²) >= 11 is 5.05. The van der Waals surface area contributed by atoms with E-state index < -0.39 is 0 Å². The molecular weight excluding hydrogens is 298 g/mol. The number of hydrogen-bond donors (Lipinski definition) is 0. The Balaban J connectivity index is 2.17. The lowest BCUT2D eigenvalue weighted by Gasteiger charge is -1.88. The summed E-state index contributed by atoms with van der Waals surface area (Å²) in [5.41, 5.74) is 1.37. The molecule has 4 heteroatoms. The number of benzene rings is 1. The zero-order valence-electron chi connectivity index (χ0n) is 8.61. The van der Waals surface area contributed by atoms with E-state index in [4.69, 9.17) is 9.68 Å². The van der Waals surface area contributed by atoms with Crippen LogP contribution in [0.5, 0.6) is 0 Å². The summed E-state index contributed by atoms with van der Waals surface area (Å²) in [5.74, 6) is 0.839. The van der Waals surface area contributed by atoms with Gasteiger partial charge in [0.2, 0.25) is 0 Å². The molecule has 2 aromatic heterocycles. The van der Waals surface area contributed by atoms with Gasteiger partial charge in [0, 0.05) is 5.39 Å². The molecule has 3 rings (SSSR count). The first kappa shape index (κ1) is 10.6. The molecule has 0 saturated heterocycles. The maximum Gasteiger partial charge on any atom is 0.145 e. The Kier molecular flexibility index (Phi) is 2.50. The van der Waals surface area contributed by atoms with Crippen molar-refractivity contribution in [1.82, 2.24) is 0 Å². The van der Waals surface area contributed by atoms with Gasteiger partial charge in [0.25, 0.3) is 0 Å². The van der Waals surface area contributed by atoms with Crippen molar-refractivity contribution in [1.29, 1.82) is 5.26 Å². The van der Waals surface area contributed by atoms with Crippen LogP contribution >= 0.6 is 27.3 Å². The van der Waals surface area contributed by atoms with Gasteiger partial charge in [0.1, 0.15) is 11.3 Å². The minimum absolute atomic E-state index is 0.616. The summed E-state index contributed by atoms with van der Waals surface area (Å²) in [6.45, 7) is 0. The third kappa shape index (κ3) is 1.88. The zero-order chi connectivity index (χ0) is 11.8. The van der Waals surface area contributed by atoms with Gasteiger partial charge in [-0.25, -0.2) is 0 Å². The number of hydrogen-bond acceptors (Lipinski definition) is 3. The number of halogens is 1. The van der Waals surface area contributed by atoms with Gasteiger partial charge in [0.05, 0.1) is 20.3 Å². The van der Waals surface area contributed by atoms with Crippen LogP contribution in [0, 0.1) is 11.3 Å². The highest BCUT2D eigenvalue weighted by Crippen LogP contribution is 2.34. The maximum atomic E-state index is 8.83. The van der Waals surface area contributed by atoms with E-state index in [2.05, 4.69) is 22.0 Å². The first-order valence-corrected chi connectivity index (χ1v) is 6.56. The third-order valence-electron chi connectivity index (χ3n) is 2.47. The third-order valence-corrected chi connectivity index (χ3v) is 4.10. The Morgan fingerprint density at radius 1 is 1.18 bits per heavy atom. The van der Waals surface area contributed by atoms with E-state index in [-0.39, 0.29) is 0 Å². The summed E-state index contributed by atoms with van der Waals surface area (Å²) in [4.78, 5) is 1.08. The Morgan fingerprint density at radius 2 is 2.06 bits per heavy atom. The largest absolute Gasteiger partial charge is 0.455 e. The number of nitrogens with zero attached hydrogens (tertiary/aromatic N) is 1. The highest BCUT2D eigenvalue weighted by atomic mass is 79.9.